The van der Waals surface area contributed by atoms with Crippen LogP contribution >= 0.6 is 11.3 Å². The Balaban J connectivity index is 2.24. The molecule has 1 atom stereocenters. The van der Waals surface area contributed by atoms with Crippen molar-refractivity contribution in [1.82, 2.24) is 4.57 Å². The van der Waals surface area contributed by atoms with Gasteiger partial charge in [0.25, 0.3) is 5.91 Å². The highest BCUT2D eigenvalue weighted by molar-refractivity contribution is 7.16. The average molecular weight is 411 g/mol. The molecule has 3 aromatic rings. The van der Waals surface area contributed by atoms with Crippen LogP contribution in [0.2, 0.25) is 0 Å². The lowest BCUT2D eigenvalue weighted by molar-refractivity contribution is -0.140. The number of fused-ring (bicyclic) bond motifs is 1. The number of amides is 1. The number of carbonyl (C=O) groups excluding carboxylic acids is 1. The minimum atomic E-state index is -0.934. The lowest BCUT2D eigenvalue weighted by Gasteiger charge is -2.19. The van der Waals surface area contributed by atoms with E-state index in [1.165, 1.54) is 11.3 Å². The van der Waals surface area contributed by atoms with Gasteiger partial charge in [0.05, 0.1) is 10.2 Å². The first-order valence-electron chi connectivity index (χ1n) is 9.66. The second-order valence-electron chi connectivity index (χ2n) is 8.23. The largest absolute Gasteiger partial charge is 0.480 e. The van der Waals surface area contributed by atoms with Gasteiger partial charge >= 0.3 is 5.97 Å². The Morgan fingerprint density at radius 1 is 1.14 bits per heavy atom. The minimum absolute atomic E-state index is 0.0327. The molecular formula is C23H26N2O3S. The third-order valence-corrected chi connectivity index (χ3v) is 5.99. The maximum Gasteiger partial charge on any atom is 0.326 e. The molecule has 3 rings (SSSR count). The minimum Gasteiger partial charge on any atom is -0.480 e. The molecular weight excluding hydrogens is 384 g/mol. The van der Waals surface area contributed by atoms with Crippen molar-refractivity contribution in [2.45, 2.75) is 52.5 Å². The summed E-state index contributed by atoms with van der Waals surface area (Å²) in [5.41, 5.74) is 3.45. The molecule has 0 saturated heterocycles. The molecule has 0 aliphatic heterocycles. The zero-order chi connectivity index (χ0) is 21.3. The molecule has 29 heavy (non-hydrogen) atoms. The van der Waals surface area contributed by atoms with Gasteiger partial charge in [0.15, 0.2) is 4.80 Å². The second-order valence-corrected chi connectivity index (χ2v) is 9.24. The van der Waals surface area contributed by atoms with Crippen molar-refractivity contribution in [3.05, 3.63) is 64.0 Å². The van der Waals surface area contributed by atoms with Crippen LogP contribution in [-0.4, -0.2) is 21.6 Å². The number of carbonyl (C=O) groups is 2. The topological polar surface area (TPSA) is 71.7 Å². The number of rotatable bonds is 4. The first-order chi connectivity index (χ1) is 13.6. The molecule has 1 heterocycles. The summed E-state index contributed by atoms with van der Waals surface area (Å²) in [4.78, 5) is 29.4. The summed E-state index contributed by atoms with van der Waals surface area (Å²) in [6.45, 7) is 10.2. The highest BCUT2D eigenvalue weighted by Crippen LogP contribution is 2.29. The van der Waals surface area contributed by atoms with Crippen LogP contribution in [0.15, 0.2) is 47.5 Å². The molecule has 0 bridgehead atoms. The van der Waals surface area contributed by atoms with Crippen molar-refractivity contribution in [2.75, 3.05) is 0 Å². The van der Waals surface area contributed by atoms with Crippen LogP contribution < -0.4 is 4.80 Å². The van der Waals surface area contributed by atoms with E-state index in [1.807, 2.05) is 38.1 Å². The Morgan fingerprint density at radius 2 is 1.79 bits per heavy atom. The lowest BCUT2D eigenvalue weighted by atomic mass is 9.87. The number of thiazole rings is 1. The molecule has 5 nitrogen and oxygen atoms in total. The van der Waals surface area contributed by atoms with Crippen LogP contribution in [-0.2, 0) is 10.2 Å². The Labute approximate surface area is 174 Å². The number of carboxylic acid groups (broad SMARTS) is 1. The predicted molar refractivity (Wildman–Crippen MR) is 117 cm³/mol. The first kappa shape index (κ1) is 21.0. The molecule has 0 radical (unpaired) electrons. The van der Waals surface area contributed by atoms with E-state index < -0.39 is 12.0 Å². The van der Waals surface area contributed by atoms with Crippen LogP contribution in [0.3, 0.4) is 0 Å². The Morgan fingerprint density at radius 3 is 2.34 bits per heavy atom. The van der Waals surface area contributed by atoms with Crippen molar-refractivity contribution in [3.63, 3.8) is 0 Å². The third-order valence-electron chi connectivity index (χ3n) is 4.97. The van der Waals surface area contributed by atoms with Gasteiger partial charge in [-0.1, -0.05) is 62.8 Å². The molecule has 1 amide bonds. The fraction of sp³-hybridized carbons (Fsp3) is 0.348. The molecule has 0 aliphatic carbocycles. The summed E-state index contributed by atoms with van der Waals surface area (Å²) in [7, 11) is 0. The predicted octanol–water partition coefficient (Wildman–Crippen LogP) is 5.09. The number of hydrogen-bond donors (Lipinski definition) is 1. The average Bonchev–Trinajstić information content (AvgIpc) is 2.99. The van der Waals surface area contributed by atoms with Gasteiger partial charge in [0, 0.05) is 5.56 Å². The van der Waals surface area contributed by atoms with Gasteiger partial charge in [0.1, 0.15) is 6.04 Å². The van der Waals surface area contributed by atoms with Gasteiger partial charge in [-0.3, -0.25) is 4.79 Å². The normalized spacial score (nSPS) is 13.6. The van der Waals surface area contributed by atoms with Crippen molar-refractivity contribution >= 4 is 33.4 Å². The quantitative estimate of drug-likeness (QED) is 0.651. The molecule has 0 spiro atoms. The van der Waals surface area contributed by atoms with Gasteiger partial charge in [0.2, 0.25) is 0 Å². The number of nitrogens with zero attached hydrogens (tertiary/aromatic N) is 2. The van der Waals surface area contributed by atoms with Crippen molar-refractivity contribution in [3.8, 4) is 0 Å². The smallest absolute Gasteiger partial charge is 0.326 e. The van der Waals surface area contributed by atoms with Crippen molar-refractivity contribution < 1.29 is 14.7 Å². The molecule has 0 fully saturated rings. The second kappa shape index (κ2) is 7.95. The van der Waals surface area contributed by atoms with E-state index in [2.05, 4.69) is 31.8 Å². The number of hydrogen-bond acceptors (Lipinski definition) is 3. The number of aromatic nitrogens is 1. The van der Waals surface area contributed by atoms with Gasteiger partial charge in [-0.25, -0.2) is 4.79 Å². The molecule has 2 aromatic carbocycles. The maximum atomic E-state index is 12.7. The van der Waals surface area contributed by atoms with Gasteiger partial charge in [-0.15, -0.1) is 0 Å². The summed E-state index contributed by atoms with van der Waals surface area (Å²) >= 11 is 1.35. The summed E-state index contributed by atoms with van der Waals surface area (Å²) in [6.07, 6.45) is 0.397. The summed E-state index contributed by atoms with van der Waals surface area (Å²) in [5, 5.41) is 9.75. The van der Waals surface area contributed by atoms with Crippen LogP contribution in [0.1, 0.15) is 61.6 Å². The Bertz CT molecular complexity index is 1130. The van der Waals surface area contributed by atoms with E-state index >= 15 is 0 Å². The number of benzene rings is 2. The number of carboxylic acids is 1. The standard InChI is InChI=1S/C23H26N2O3S/c1-6-17(21(27)28)25-18-12-11-16(23(3,4)5)13-19(18)29-22(25)24-20(26)15-9-7-14(2)8-10-15/h7-13,17H,6H2,1-5H3,(H,27,28)/b24-22-. The molecule has 1 aromatic heterocycles. The van der Waals surface area contributed by atoms with E-state index in [4.69, 9.17) is 0 Å². The van der Waals surface area contributed by atoms with E-state index in [1.54, 1.807) is 16.7 Å². The molecule has 0 saturated carbocycles. The number of aliphatic carboxylic acids is 1. The first-order valence-corrected chi connectivity index (χ1v) is 10.5. The molecule has 1 unspecified atom stereocenters. The van der Waals surface area contributed by atoms with Crippen molar-refractivity contribution in [1.29, 1.82) is 0 Å². The van der Waals surface area contributed by atoms with Gasteiger partial charge < -0.3 is 9.67 Å². The Hall–Kier alpha value is -2.73. The van der Waals surface area contributed by atoms with E-state index in [0.717, 1.165) is 21.3 Å². The Kier molecular flexibility index (Phi) is 5.75. The van der Waals surface area contributed by atoms with Gasteiger partial charge in [-0.05, 0) is 48.6 Å². The summed E-state index contributed by atoms with van der Waals surface area (Å²) in [6, 6.07) is 12.5. The van der Waals surface area contributed by atoms with Crippen molar-refractivity contribution in [2.24, 2.45) is 4.99 Å². The number of aryl methyl sites for hydroxylation is 1. The fourth-order valence-electron chi connectivity index (χ4n) is 3.21. The summed E-state index contributed by atoms with van der Waals surface area (Å²) in [5.74, 6) is -1.31. The zero-order valence-corrected chi connectivity index (χ0v) is 18.2. The van der Waals surface area contributed by atoms with Crippen LogP contribution in [0, 0.1) is 6.92 Å². The molecule has 0 aliphatic rings. The van der Waals surface area contributed by atoms with E-state index in [0.29, 0.717) is 16.8 Å². The molecule has 6 heteroatoms. The third kappa shape index (κ3) is 4.32. The zero-order valence-electron chi connectivity index (χ0n) is 17.4. The SMILES string of the molecule is CCC(C(=O)O)n1/c(=N/C(=O)c2ccc(C)cc2)sc2cc(C(C)(C)C)ccc21. The summed E-state index contributed by atoms with van der Waals surface area (Å²) < 4.78 is 2.61. The highest BCUT2D eigenvalue weighted by atomic mass is 32.1. The van der Waals surface area contributed by atoms with Crippen LogP contribution in [0.25, 0.3) is 10.2 Å². The van der Waals surface area contributed by atoms with E-state index in [-0.39, 0.29) is 11.3 Å². The fourth-order valence-corrected chi connectivity index (χ4v) is 4.31. The highest BCUT2D eigenvalue weighted by Gasteiger charge is 2.23. The van der Waals surface area contributed by atoms with Crippen LogP contribution in [0.5, 0.6) is 0 Å². The van der Waals surface area contributed by atoms with Gasteiger partial charge in [-0.2, -0.15) is 4.99 Å². The van der Waals surface area contributed by atoms with Crippen LogP contribution in [0.4, 0.5) is 0 Å². The lowest BCUT2D eigenvalue weighted by Crippen LogP contribution is -2.27. The molecule has 152 valence electrons. The maximum absolute atomic E-state index is 12.7. The van der Waals surface area contributed by atoms with E-state index in [9.17, 15) is 14.7 Å². The molecule has 1 N–H and O–H groups in total. The monoisotopic (exact) mass is 410 g/mol.